The van der Waals surface area contributed by atoms with E-state index in [2.05, 4.69) is 20.5 Å². The highest BCUT2D eigenvalue weighted by Crippen LogP contribution is 2.16. The van der Waals surface area contributed by atoms with Gasteiger partial charge in [-0.2, -0.15) is 10.1 Å². The third-order valence-corrected chi connectivity index (χ3v) is 3.94. The molecule has 1 aromatic carbocycles. The Morgan fingerprint density at radius 2 is 2.12 bits per heavy atom. The maximum absolute atomic E-state index is 12.1. The van der Waals surface area contributed by atoms with E-state index in [1.807, 2.05) is 25.1 Å². The predicted molar refractivity (Wildman–Crippen MR) is 93.9 cm³/mol. The minimum absolute atomic E-state index is 0.293. The Hall–Kier alpha value is -2.87. The van der Waals surface area contributed by atoms with Crippen LogP contribution in [0.4, 0.5) is 5.95 Å². The first kappa shape index (κ1) is 16.0. The third kappa shape index (κ3) is 2.71. The number of hydrogen-bond donors (Lipinski definition) is 2. The zero-order chi connectivity index (χ0) is 17.3. The van der Waals surface area contributed by atoms with Crippen molar-refractivity contribution in [3.8, 4) is 0 Å². The second-order valence-corrected chi connectivity index (χ2v) is 5.47. The fourth-order valence-corrected chi connectivity index (χ4v) is 2.55. The molecule has 0 amide bonds. The number of aromatic nitrogens is 4. The number of nitrogens with zero attached hydrogens (tertiary/aromatic N) is 4. The van der Waals surface area contributed by atoms with Gasteiger partial charge in [-0.1, -0.05) is 29.8 Å². The van der Waals surface area contributed by atoms with Crippen molar-refractivity contribution in [2.45, 2.75) is 13.5 Å². The minimum atomic E-state index is -0.514. The van der Waals surface area contributed by atoms with Crippen molar-refractivity contribution < 1.29 is 0 Å². The molecule has 0 unspecified atom stereocenters. The molecule has 8 nitrogen and oxygen atoms in total. The van der Waals surface area contributed by atoms with Crippen LogP contribution in [-0.4, -0.2) is 25.3 Å². The standard InChI is InChI=1S/C15H15ClN6O2/c1-3-22-11-12(21(2)15(24)19-13(11)23)18-14(22)20-17-8-9-6-4-5-7-10(9)16/h4-8H,3H2,1-2H3,(H,18,20)(H,19,23,24). The molecule has 2 heterocycles. The SMILES string of the molecule is CCn1c(NN=Cc2ccccc2Cl)nc2c1c(=O)[nH]c(=O)n2C. The molecular formula is C15H15ClN6O2. The highest BCUT2D eigenvalue weighted by atomic mass is 35.5. The average Bonchev–Trinajstić information content (AvgIpc) is 2.94. The molecule has 0 saturated carbocycles. The van der Waals surface area contributed by atoms with Gasteiger partial charge in [-0.3, -0.25) is 14.3 Å². The Balaban J connectivity index is 2.03. The van der Waals surface area contributed by atoms with E-state index in [1.165, 1.54) is 4.57 Å². The summed E-state index contributed by atoms with van der Waals surface area (Å²) in [4.78, 5) is 30.3. The van der Waals surface area contributed by atoms with Crippen LogP contribution in [0.3, 0.4) is 0 Å². The maximum atomic E-state index is 12.1. The van der Waals surface area contributed by atoms with Crippen molar-refractivity contribution >= 4 is 34.9 Å². The predicted octanol–water partition coefficient (Wildman–Crippen LogP) is 1.54. The monoisotopic (exact) mass is 346 g/mol. The first-order valence-corrected chi connectivity index (χ1v) is 7.64. The largest absolute Gasteiger partial charge is 0.329 e. The quantitative estimate of drug-likeness (QED) is 0.553. The molecule has 0 bridgehead atoms. The number of anilines is 1. The molecular weight excluding hydrogens is 332 g/mol. The lowest BCUT2D eigenvalue weighted by molar-refractivity contribution is 0.781. The van der Waals surface area contributed by atoms with Crippen LogP contribution in [0, 0.1) is 0 Å². The highest BCUT2D eigenvalue weighted by Gasteiger charge is 2.15. The molecule has 3 aromatic rings. The number of aryl methyl sites for hydroxylation is 2. The summed E-state index contributed by atoms with van der Waals surface area (Å²) in [5.74, 6) is 0.363. The van der Waals surface area contributed by atoms with Crippen LogP contribution < -0.4 is 16.7 Å². The summed E-state index contributed by atoms with van der Waals surface area (Å²) in [5.41, 5.74) is 3.16. The molecule has 0 saturated heterocycles. The van der Waals surface area contributed by atoms with Gasteiger partial charge in [-0.25, -0.2) is 10.2 Å². The molecule has 0 aliphatic rings. The fraction of sp³-hybridized carbons (Fsp3) is 0.200. The van der Waals surface area contributed by atoms with Gasteiger partial charge < -0.3 is 4.57 Å². The van der Waals surface area contributed by atoms with Gasteiger partial charge in [0.2, 0.25) is 5.95 Å². The van der Waals surface area contributed by atoms with Gasteiger partial charge in [0.25, 0.3) is 5.56 Å². The number of aromatic amines is 1. The fourth-order valence-electron chi connectivity index (χ4n) is 2.37. The number of fused-ring (bicyclic) bond motifs is 1. The van der Waals surface area contributed by atoms with Crippen LogP contribution in [0.25, 0.3) is 11.2 Å². The number of halogens is 1. The van der Waals surface area contributed by atoms with E-state index < -0.39 is 11.2 Å². The number of benzene rings is 1. The van der Waals surface area contributed by atoms with Crippen molar-refractivity contribution in [3.05, 3.63) is 55.7 Å². The van der Waals surface area contributed by atoms with E-state index in [0.29, 0.717) is 28.7 Å². The van der Waals surface area contributed by atoms with E-state index in [1.54, 1.807) is 23.9 Å². The number of hydrogen-bond acceptors (Lipinski definition) is 5. The second-order valence-electron chi connectivity index (χ2n) is 5.06. The first-order valence-electron chi connectivity index (χ1n) is 7.26. The van der Waals surface area contributed by atoms with Gasteiger partial charge in [0.1, 0.15) is 0 Å². The number of H-pyrrole nitrogens is 1. The summed E-state index contributed by atoms with van der Waals surface area (Å²) in [6, 6.07) is 7.27. The van der Waals surface area contributed by atoms with Gasteiger partial charge in [0, 0.05) is 24.2 Å². The Bertz CT molecular complexity index is 1050. The average molecular weight is 347 g/mol. The topological polar surface area (TPSA) is 97.1 Å². The molecule has 0 atom stereocenters. The van der Waals surface area contributed by atoms with Crippen LogP contribution >= 0.6 is 11.6 Å². The maximum Gasteiger partial charge on any atom is 0.329 e. The molecule has 124 valence electrons. The Morgan fingerprint density at radius 1 is 1.38 bits per heavy atom. The molecule has 2 N–H and O–H groups in total. The van der Waals surface area contributed by atoms with Gasteiger partial charge in [-0.15, -0.1) is 0 Å². The van der Waals surface area contributed by atoms with Crippen molar-refractivity contribution in [2.75, 3.05) is 5.43 Å². The van der Waals surface area contributed by atoms with Crippen LogP contribution in [0.15, 0.2) is 39.0 Å². The van der Waals surface area contributed by atoms with Crippen LogP contribution in [0.1, 0.15) is 12.5 Å². The van der Waals surface area contributed by atoms with Crippen molar-refractivity contribution in [3.63, 3.8) is 0 Å². The van der Waals surface area contributed by atoms with Crippen LogP contribution in [-0.2, 0) is 13.6 Å². The summed E-state index contributed by atoms with van der Waals surface area (Å²) >= 11 is 6.06. The van der Waals surface area contributed by atoms with Crippen LogP contribution in [0.5, 0.6) is 0 Å². The van der Waals surface area contributed by atoms with Crippen molar-refractivity contribution in [1.82, 2.24) is 19.1 Å². The number of nitrogens with one attached hydrogen (secondary N) is 2. The Kier molecular flexibility index (Phi) is 4.22. The van der Waals surface area contributed by atoms with Crippen molar-refractivity contribution in [1.29, 1.82) is 0 Å². The first-order chi connectivity index (χ1) is 11.5. The van der Waals surface area contributed by atoms with E-state index in [0.717, 1.165) is 5.56 Å². The smallest absolute Gasteiger partial charge is 0.303 e. The van der Waals surface area contributed by atoms with Crippen molar-refractivity contribution in [2.24, 2.45) is 12.1 Å². The lowest BCUT2D eigenvalue weighted by atomic mass is 10.2. The number of imidazole rings is 1. The summed E-state index contributed by atoms with van der Waals surface area (Å²) in [6.07, 6.45) is 1.56. The molecule has 3 rings (SSSR count). The normalized spacial score (nSPS) is 11.5. The molecule has 24 heavy (non-hydrogen) atoms. The van der Waals surface area contributed by atoms with Gasteiger partial charge >= 0.3 is 5.69 Å². The molecule has 0 spiro atoms. The molecule has 0 aliphatic carbocycles. The van der Waals surface area contributed by atoms with E-state index >= 15 is 0 Å². The summed E-state index contributed by atoms with van der Waals surface area (Å²) < 4.78 is 2.93. The van der Waals surface area contributed by atoms with Gasteiger partial charge in [-0.05, 0) is 13.0 Å². The summed E-state index contributed by atoms with van der Waals surface area (Å²) in [6.45, 7) is 2.36. The van der Waals surface area contributed by atoms with Gasteiger partial charge in [0.15, 0.2) is 11.2 Å². The third-order valence-electron chi connectivity index (χ3n) is 3.60. The molecule has 9 heteroatoms. The van der Waals surface area contributed by atoms with E-state index in [9.17, 15) is 9.59 Å². The molecule has 0 radical (unpaired) electrons. The second kappa shape index (κ2) is 6.32. The number of hydrazone groups is 1. The minimum Gasteiger partial charge on any atom is -0.303 e. The summed E-state index contributed by atoms with van der Waals surface area (Å²) in [7, 11) is 1.55. The van der Waals surface area contributed by atoms with E-state index in [4.69, 9.17) is 11.6 Å². The van der Waals surface area contributed by atoms with Crippen LogP contribution in [0.2, 0.25) is 5.02 Å². The molecule has 0 aliphatic heterocycles. The highest BCUT2D eigenvalue weighted by molar-refractivity contribution is 6.33. The lowest BCUT2D eigenvalue weighted by Gasteiger charge is -2.04. The number of rotatable bonds is 4. The van der Waals surface area contributed by atoms with Gasteiger partial charge in [0.05, 0.1) is 6.21 Å². The molecule has 0 fully saturated rings. The summed E-state index contributed by atoms with van der Waals surface area (Å²) in [5, 5.41) is 4.69. The Morgan fingerprint density at radius 3 is 2.83 bits per heavy atom. The molecule has 2 aromatic heterocycles. The van der Waals surface area contributed by atoms with E-state index in [-0.39, 0.29) is 0 Å². The lowest BCUT2D eigenvalue weighted by Crippen LogP contribution is -2.29. The zero-order valence-electron chi connectivity index (χ0n) is 13.1. The Labute approximate surface area is 141 Å². The zero-order valence-corrected chi connectivity index (χ0v) is 13.8.